The lowest BCUT2D eigenvalue weighted by atomic mass is 10.1. The Balaban J connectivity index is 2.12. The zero-order valence-electron chi connectivity index (χ0n) is 12.0. The zero-order valence-corrected chi connectivity index (χ0v) is 12.0. The predicted molar refractivity (Wildman–Crippen MR) is 76.6 cm³/mol. The molecule has 0 fully saturated rings. The van der Waals surface area contributed by atoms with E-state index < -0.39 is 29.6 Å². The summed E-state index contributed by atoms with van der Waals surface area (Å²) in [5, 5.41) is 2.15. The van der Waals surface area contributed by atoms with Gasteiger partial charge in [-0.15, -0.1) is 0 Å². The summed E-state index contributed by atoms with van der Waals surface area (Å²) in [5.74, 6) is -1.63. The van der Waals surface area contributed by atoms with Gasteiger partial charge in [-0.05, 0) is 31.2 Å². The van der Waals surface area contributed by atoms with Gasteiger partial charge in [0.05, 0.1) is 11.3 Å². The quantitative estimate of drug-likeness (QED) is 0.853. The van der Waals surface area contributed by atoms with Crippen molar-refractivity contribution >= 4 is 11.6 Å². The molecule has 1 amide bonds. The molecule has 0 aromatic heterocycles. The lowest BCUT2D eigenvalue weighted by molar-refractivity contribution is -0.137. The van der Waals surface area contributed by atoms with E-state index in [4.69, 9.17) is 4.74 Å². The first-order chi connectivity index (χ1) is 10.8. The van der Waals surface area contributed by atoms with Gasteiger partial charge in [0.2, 0.25) is 0 Å². The number of benzene rings is 2. The van der Waals surface area contributed by atoms with Crippen LogP contribution in [-0.2, 0) is 11.0 Å². The summed E-state index contributed by atoms with van der Waals surface area (Å²) in [6.45, 7) is 1.32. The summed E-state index contributed by atoms with van der Waals surface area (Å²) in [7, 11) is 0. The van der Waals surface area contributed by atoms with Crippen molar-refractivity contribution in [1.82, 2.24) is 0 Å². The first kappa shape index (κ1) is 16.8. The van der Waals surface area contributed by atoms with E-state index in [0.29, 0.717) is 0 Å². The number of para-hydroxylation sites is 2. The largest absolute Gasteiger partial charge is 0.478 e. The van der Waals surface area contributed by atoms with Crippen LogP contribution in [0.15, 0.2) is 48.5 Å². The molecule has 2 aromatic rings. The number of halogens is 4. The van der Waals surface area contributed by atoms with Crippen molar-refractivity contribution in [2.45, 2.75) is 19.2 Å². The van der Waals surface area contributed by atoms with Gasteiger partial charge in [0.1, 0.15) is 0 Å². The van der Waals surface area contributed by atoms with Crippen LogP contribution in [0.4, 0.5) is 23.2 Å². The number of nitrogens with one attached hydrogen (secondary N) is 1. The summed E-state index contributed by atoms with van der Waals surface area (Å²) in [6.07, 6.45) is -5.77. The van der Waals surface area contributed by atoms with Crippen LogP contribution in [0.2, 0.25) is 0 Å². The van der Waals surface area contributed by atoms with Gasteiger partial charge in [-0.3, -0.25) is 4.79 Å². The van der Waals surface area contributed by atoms with Crippen molar-refractivity contribution in [2.24, 2.45) is 0 Å². The lowest BCUT2D eigenvalue weighted by Crippen LogP contribution is -2.31. The molecule has 3 nitrogen and oxygen atoms in total. The molecule has 7 heteroatoms. The maximum atomic E-state index is 13.5. The Morgan fingerprint density at radius 3 is 2.35 bits per heavy atom. The Labute approximate surface area is 129 Å². The summed E-state index contributed by atoms with van der Waals surface area (Å²) in [4.78, 5) is 12.0. The highest BCUT2D eigenvalue weighted by atomic mass is 19.4. The molecule has 0 saturated carbocycles. The lowest BCUT2D eigenvalue weighted by Gasteiger charge is -2.17. The average molecular weight is 327 g/mol. The average Bonchev–Trinajstić information content (AvgIpc) is 2.49. The van der Waals surface area contributed by atoms with Gasteiger partial charge in [-0.25, -0.2) is 4.39 Å². The molecule has 23 heavy (non-hydrogen) atoms. The Kier molecular flexibility index (Phi) is 4.88. The smallest absolute Gasteiger partial charge is 0.418 e. The zero-order chi connectivity index (χ0) is 17.0. The first-order valence-corrected chi connectivity index (χ1v) is 6.67. The molecule has 1 N–H and O–H groups in total. The van der Waals surface area contributed by atoms with Gasteiger partial charge in [0, 0.05) is 0 Å². The van der Waals surface area contributed by atoms with Crippen LogP contribution in [0.3, 0.4) is 0 Å². The van der Waals surface area contributed by atoms with Crippen molar-refractivity contribution in [3.8, 4) is 5.75 Å². The standard InChI is InChI=1S/C16H13F4NO2/c1-10(23-14-9-5-3-7-12(14)17)15(22)21-13-8-4-2-6-11(13)16(18,19)20/h2-10H,1H3,(H,21,22)/t10-/m0/s1. The molecule has 0 heterocycles. The van der Waals surface area contributed by atoms with E-state index in [1.165, 1.54) is 37.3 Å². The van der Waals surface area contributed by atoms with E-state index in [1.54, 1.807) is 0 Å². The van der Waals surface area contributed by atoms with Gasteiger partial charge < -0.3 is 10.1 Å². The second kappa shape index (κ2) is 6.68. The van der Waals surface area contributed by atoms with Crippen molar-refractivity contribution in [1.29, 1.82) is 0 Å². The summed E-state index contributed by atoms with van der Waals surface area (Å²) in [6, 6.07) is 10.0. The number of carbonyl (C=O) groups is 1. The van der Waals surface area contributed by atoms with E-state index in [1.807, 2.05) is 0 Å². The van der Waals surface area contributed by atoms with Crippen molar-refractivity contribution in [3.05, 3.63) is 59.9 Å². The minimum Gasteiger partial charge on any atom is -0.478 e. The molecule has 0 aliphatic heterocycles. The molecular weight excluding hydrogens is 314 g/mol. The van der Waals surface area contributed by atoms with E-state index in [0.717, 1.165) is 18.2 Å². The number of hydrogen-bond donors (Lipinski definition) is 1. The van der Waals surface area contributed by atoms with Gasteiger partial charge in [0.25, 0.3) is 5.91 Å². The highest BCUT2D eigenvalue weighted by Gasteiger charge is 2.34. The number of carbonyl (C=O) groups excluding carboxylic acids is 1. The fraction of sp³-hybridized carbons (Fsp3) is 0.188. The third kappa shape index (κ3) is 4.21. The molecule has 0 radical (unpaired) electrons. The van der Waals surface area contributed by atoms with E-state index in [9.17, 15) is 22.4 Å². The minimum atomic E-state index is -4.60. The molecule has 0 bridgehead atoms. The Morgan fingerprint density at radius 1 is 1.09 bits per heavy atom. The van der Waals surface area contributed by atoms with Crippen LogP contribution in [0, 0.1) is 5.82 Å². The second-order valence-corrected chi connectivity index (χ2v) is 4.72. The number of amides is 1. The van der Waals surface area contributed by atoms with Gasteiger partial charge in [-0.1, -0.05) is 24.3 Å². The molecule has 122 valence electrons. The number of alkyl halides is 3. The fourth-order valence-electron chi connectivity index (χ4n) is 1.86. The summed E-state index contributed by atoms with van der Waals surface area (Å²) >= 11 is 0. The molecular formula is C16H13F4NO2. The Hall–Kier alpha value is -2.57. The monoisotopic (exact) mass is 327 g/mol. The molecule has 0 spiro atoms. The van der Waals surface area contributed by atoms with Crippen LogP contribution < -0.4 is 10.1 Å². The number of rotatable bonds is 4. The van der Waals surface area contributed by atoms with E-state index in [2.05, 4.69) is 5.32 Å². The Bertz CT molecular complexity index is 700. The molecule has 1 atom stereocenters. The molecule has 0 aliphatic rings. The minimum absolute atomic E-state index is 0.153. The molecule has 2 rings (SSSR count). The topological polar surface area (TPSA) is 38.3 Å². The van der Waals surface area contributed by atoms with Crippen molar-refractivity contribution in [3.63, 3.8) is 0 Å². The summed E-state index contributed by atoms with van der Waals surface area (Å²) in [5.41, 5.74) is -1.35. The van der Waals surface area contributed by atoms with Crippen molar-refractivity contribution in [2.75, 3.05) is 5.32 Å². The third-order valence-corrected chi connectivity index (χ3v) is 3.00. The van der Waals surface area contributed by atoms with Gasteiger partial charge >= 0.3 is 6.18 Å². The predicted octanol–water partition coefficient (Wildman–Crippen LogP) is 4.25. The maximum absolute atomic E-state index is 13.5. The highest BCUT2D eigenvalue weighted by Crippen LogP contribution is 2.34. The molecule has 2 aromatic carbocycles. The number of anilines is 1. The van der Waals surface area contributed by atoms with Crippen molar-refractivity contribution < 1.29 is 27.1 Å². The second-order valence-electron chi connectivity index (χ2n) is 4.72. The van der Waals surface area contributed by atoms with Crippen LogP contribution in [-0.4, -0.2) is 12.0 Å². The third-order valence-electron chi connectivity index (χ3n) is 3.00. The Morgan fingerprint density at radius 2 is 1.70 bits per heavy atom. The van der Waals surface area contributed by atoms with E-state index in [-0.39, 0.29) is 11.4 Å². The molecule has 0 unspecified atom stereocenters. The molecule has 0 saturated heterocycles. The van der Waals surface area contributed by atoms with Gasteiger partial charge in [-0.2, -0.15) is 13.2 Å². The fourth-order valence-corrected chi connectivity index (χ4v) is 1.86. The summed E-state index contributed by atoms with van der Waals surface area (Å²) < 4.78 is 57.2. The van der Waals surface area contributed by atoms with E-state index >= 15 is 0 Å². The SMILES string of the molecule is C[C@H](Oc1ccccc1F)C(=O)Nc1ccccc1C(F)(F)F. The molecule has 0 aliphatic carbocycles. The van der Waals surface area contributed by atoms with Gasteiger partial charge in [0.15, 0.2) is 17.7 Å². The normalized spacial score (nSPS) is 12.6. The van der Waals surface area contributed by atoms with Crippen LogP contribution in [0.25, 0.3) is 0 Å². The number of hydrogen-bond acceptors (Lipinski definition) is 2. The first-order valence-electron chi connectivity index (χ1n) is 6.67. The number of ether oxygens (including phenoxy) is 1. The maximum Gasteiger partial charge on any atom is 0.418 e. The van der Waals surface area contributed by atoms with Crippen LogP contribution in [0.5, 0.6) is 5.75 Å². The van der Waals surface area contributed by atoms with Crippen LogP contribution in [0.1, 0.15) is 12.5 Å². The highest BCUT2D eigenvalue weighted by molar-refractivity contribution is 5.94. The van der Waals surface area contributed by atoms with Crippen LogP contribution >= 0.6 is 0 Å².